The molecule has 8 heteroatoms. The van der Waals surface area contributed by atoms with E-state index in [1.807, 2.05) is 97.9 Å². The summed E-state index contributed by atoms with van der Waals surface area (Å²) < 4.78 is 13.0. The number of anilines is 1. The van der Waals surface area contributed by atoms with Crippen molar-refractivity contribution in [2.75, 3.05) is 11.9 Å². The van der Waals surface area contributed by atoms with E-state index in [9.17, 15) is 9.59 Å². The molecule has 212 valence electrons. The Hall–Kier alpha value is -5.76. The quantitative estimate of drug-likeness (QED) is 0.193. The molecule has 0 aliphatic rings. The van der Waals surface area contributed by atoms with Gasteiger partial charge in [-0.1, -0.05) is 78.9 Å². The summed E-state index contributed by atoms with van der Waals surface area (Å²) in [6, 6.07) is 37.7. The molecule has 0 bridgehead atoms. The van der Waals surface area contributed by atoms with Crippen LogP contribution < -0.4 is 10.1 Å². The summed E-state index contributed by atoms with van der Waals surface area (Å²) in [7, 11) is 0. The number of carbonyl (C=O) groups excluding carboxylic acids is 2. The number of esters is 1. The smallest absolute Gasteiger partial charge is 0.339 e. The van der Waals surface area contributed by atoms with E-state index in [0.717, 1.165) is 16.8 Å². The number of hydrogen-bond donors (Lipinski definition) is 1. The van der Waals surface area contributed by atoms with Crippen LogP contribution in [0.4, 0.5) is 5.69 Å². The summed E-state index contributed by atoms with van der Waals surface area (Å²) >= 11 is 0. The number of benzene rings is 4. The number of ether oxygens (including phenoxy) is 2. The molecule has 2 heterocycles. The van der Waals surface area contributed by atoms with Crippen molar-refractivity contribution in [1.29, 1.82) is 0 Å². The number of pyridine rings is 1. The van der Waals surface area contributed by atoms with E-state index in [1.54, 1.807) is 35.0 Å². The van der Waals surface area contributed by atoms with Crippen molar-refractivity contribution < 1.29 is 19.1 Å². The number of amides is 1. The van der Waals surface area contributed by atoms with Crippen molar-refractivity contribution in [3.63, 3.8) is 0 Å². The van der Waals surface area contributed by atoms with Crippen LogP contribution >= 0.6 is 0 Å². The summed E-state index contributed by atoms with van der Waals surface area (Å²) in [5.74, 6) is -0.424. The molecule has 43 heavy (non-hydrogen) atoms. The van der Waals surface area contributed by atoms with Gasteiger partial charge in [0.25, 0.3) is 5.91 Å². The molecular weight excluding hydrogens is 540 g/mol. The topological polar surface area (TPSA) is 95.3 Å². The van der Waals surface area contributed by atoms with Gasteiger partial charge >= 0.3 is 5.97 Å². The molecule has 0 unspecified atom stereocenters. The molecule has 0 fully saturated rings. The molecule has 6 aromatic rings. The lowest BCUT2D eigenvalue weighted by Gasteiger charge is -2.11. The van der Waals surface area contributed by atoms with E-state index >= 15 is 0 Å². The summed E-state index contributed by atoms with van der Waals surface area (Å²) in [5, 5.41) is 8.01. The number of fused-ring (bicyclic) bond motifs is 1. The Labute approximate surface area is 248 Å². The minimum atomic E-state index is -0.639. The standard InChI is InChI=1S/C35H28N4O4/c1-24-33-30(21-31(26-13-7-3-8-14-26)37-34(33)39(38-24)28-15-9-4-10-16-28)35(41)43-23-32(40)36-27-17-19-29(20-18-27)42-22-25-11-5-2-6-12-25/h2-21H,22-23H2,1H3,(H,36,40). The first-order valence-electron chi connectivity index (χ1n) is 13.8. The number of para-hydroxylation sites is 1. The molecule has 0 radical (unpaired) electrons. The van der Waals surface area contributed by atoms with Crippen molar-refractivity contribution in [2.24, 2.45) is 0 Å². The highest BCUT2D eigenvalue weighted by atomic mass is 16.5. The second kappa shape index (κ2) is 12.4. The van der Waals surface area contributed by atoms with Crippen molar-refractivity contribution in [2.45, 2.75) is 13.5 Å². The van der Waals surface area contributed by atoms with Crippen molar-refractivity contribution in [3.05, 3.63) is 138 Å². The molecule has 0 saturated carbocycles. The zero-order valence-electron chi connectivity index (χ0n) is 23.4. The summed E-state index contributed by atoms with van der Waals surface area (Å²) in [4.78, 5) is 31.0. The van der Waals surface area contributed by atoms with E-state index in [2.05, 4.69) is 10.4 Å². The number of carbonyl (C=O) groups is 2. The maximum absolute atomic E-state index is 13.4. The van der Waals surface area contributed by atoms with E-state index in [4.69, 9.17) is 14.5 Å². The predicted molar refractivity (Wildman–Crippen MR) is 165 cm³/mol. The van der Waals surface area contributed by atoms with E-state index in [0.29, 0.717) is 40.5 Å². The number of aromatic nitrogens is 3. The first-order valence-corrected chi connectivity index (χ1v) is 13.8. The summed E-state index contributed by atoms with van der Waals surface area (Å²) in [6.45, 7) is 1.81. The van der Waals surface area contributed by atoms with Crippen LogP contribution in [0.2, 0.25) is 0 Å². The third-order valence-corrected chi connectivity index (χ3v) is 6.82. The van der Waals surface area contributed by atoms with E-state index in [1.165, 1.54) is 0 Å². The number of nitrogens with one attached hydrogen (secondary N) is 1. The number of nitrogens with zero attached hydrogens (tertiary/aromatic N) is 3. The Balaban J connectivity index is 1.18. The highest BCUT2D eigenvalue weighted by molar-refractivity contribution is 6.06. The Kier molecular flexibility index (Phi) is 7.91. The normalized spacial score (nSPS) is 10.8. The predicted octanol–water partition coefficient (Wildman–Crippen LogP) is 6.77. The lowest BCUT2D eigenvalue weighted by Crippen LogP contribution is -2.21. The number of rotatable bonds is 9. The van der Waals surface area contributed by atoms with Crippen LogP contribution in [0.1, 0.15) is 21.6 Å². The maximum atomic E-state index is 13.4. The third kappa shape index (κ3) is 6.28. The van der Waals surface area contributed by atoms with Gasteiger partial charge in [-0.2, -0.15) is 5.10 Å². The average Bonchev–Trinajstić information content (AvgIpc) is 3.40. The average molecular weight is 569 g/mol. The highest BCUT2D eigenvalue weighted by Gasteiger charge is 2.22. The minimum absolute atomic E-state index is 0.288. The molecule has 1 amide bonds. The fraction of sp³-hybridized carbons (Fsp3) is 0.0857. The van der Waals surface area contributed by atoms with Crippen LogP contribution in [0.3, 0.4) is 0 Å². The first-order chi connectivity index (χ1) is 21.0. The second-order valence-electron chi connectivity index (χ2n) is 9.88. The Morgan fingerprint density at radius 2 is 1.47 bits per heavy atom. The molecule has 8 nitrogen and oxygen atoms in total. The summed E-state index contributed by atoms with van der Waals surface area (Å²) in [5.41, 5.74) is 5.30. The van der Waals surface area contributed by atoms with Crippen molar-refractivity contribution >= 4 is 28.6 Å². The monoisotopic (exact) mass is 568 g/mol. The van der Waals surface area contributed by atoms with Gasteiger partial charge < -0.3 is 14.8 Å². The van der Waals surface area contributed by atoms with Crippen LogP contribution in [0.25, 0.3) is 28.0 Å². The van der Waals surface area contributed by atoms with E-state index in [-0.39, 0.29) is 5.56 Å². The van der Waals surface area contributed by atoms with Gasteiger partial charge in [0.1, 0.15) is 12.4 Å². The molecule has 6 rings (SSSR count). The Morgan fingerprint density at radius 1 is 0.814 bits per heavy atom. The zero-order chi connectivity index (χ0) is 29.6. The molecule has 0 atom stereocenters. The lowest BCUT2D eigenvalue weighted by molar-refractivity contribution is -0.119. The number of aryl methyl sites for hydroxylation is 1. The van der Waals surface area contributed by atoms with Gasteiger partial charge in [0.15, 0.2) is 12.3 Å². The molecule has 0 aliphatic heterocycles. The molecule has 0 spiro atoms. The van der Waals surface area contributed by atoms with Crippen LogP contribution in [0.15, 0.2) is 121 Å². The molecule has 2 aromatic heterocycles. The Bertz CT molecular complexity index is 1870. The minimum Gasteiger partial charge on any atom is -0.489 e. The van der Waals surface area contributed by atoms with Crippen molar-refractivity contribution in [1.82, 2.24) is 14.8 Å². The molecule has 0 saturated heterocycles. The van der Waals surface area contributed by atoms with E-state index < -0.39 is 18.5 Å². The van der Waals surface area contributed by atoms with Crippen LogP contribution in [-0.2, 0) is 16.1 Å². The van der Waals surface area contributed by atoms with Crippen molar-refractivity contribution in [3.8, 4) is 22.7 Å². The molecule has 1 N–H and O–H groups in total. The molecule has 0 aliphatic carbocycles. The maximum Gasteiger partial charge on any atom is 0.339 e. The van der Waals surface area contributed by atoms with Gasteiger partial charge in [-0.25, -0.2) is 14.5 Å². The SMILES string of the molecule is Cc1nn(-c2ccccc2)c2nc(-c3ccccc3)cc(C(=O)OCC(=O)Nc3ccc(OCc4ccccc4)cc3)c12. The molecule has 4 aromatic carbocycles. The van der Waals surface area contributed by atoms with Crippen LogP contribution in [0.5, 0.6) is 5.75 Å². The fourth-order valence-electron chi connectivity index (χ4n) is 4.74. The van der Waals surface area contributed by atoms with Gasteiger partial charge in [0, 0.05) is 11.3 Å². The van der Waals surface area contributed by atoms with Gasteiger partial charge in [-0.05, 0) is 55.0 Å². The van der Waals surface area contributed by atoms with Gasteiger partial charge in [0.2, 0.25) is 0 Å². The van der Waals surface area contributed by atoms with Gasteiger partial charge in [-0.3, -0.25) is 4.79 Å². The first kappa shape index (κ1) is 27.4. The Morgan fingerprint density at radius 3 is 2.16 bits per heavy atom. The third-order valence-electron chi connectivity index (χ3n) is 6.82. The van der Waals surface area contributed by atoms with Gasteiger partial charge in [-0.15, -0.1) is 0 Å². The second-order valence-corrected chi connectivity index (χ2v) is 9.88. The summed E-state index contributed by atoms with van der Waals surface area (Å²) in [6.07, 6.45) is 0. The van der Waals surface area contributed by atoms with Gasteiger partial charge in [0.05, 0.1) is 28.0 Å². The van der Waals surface area contributed by atoms with Crippen LogP contribution in [0, 0.1) is 6.92 Å². The zero-order valence-corrected chi connectivity index (χ0v) is 23.4. The lowest BCUT2D eigenvalue weighted by atomic mass is 10.1. The highest BCUT2D eigenvalue weighted by Crippen LogP contribution is 2.29. The van der Waals surface area contributed by atoms with Crippen LogP contribution in [-0.4, -0.2) is 33.2 Å². The number of hydrogen-bond acceptors (Lipinski definition) is 6. The largest absolute Gasteiger partial charge is 0.489 e. The fourth-order valence-corrected chi connectivity index (χ4v) is 4.74. The molecular formula is C35H28N4O4.